The van der Waals surface area contributed by atoms with E-state index in [9.17, 15) is 0 Å². The minimum atomic E-state index is 0.819. The molecule has 4 nitrogen and oxygen atoms in total. The number of furan rings is 2. The predicted octanol–water partition coefficient (Wildman–Crippen LogP) is 13.3. The van der Waals surface area contributed by atoms with Crippen LogP contribution in [0.5, 0.6) is 0 Å². The van der Waals surface area contributed by atoms with E-state index in [-0.39, 0.29) is 0 Å². The highest BCUT2D eigenvalue weighted by atomic mass is 16.3. The van der Waals surface area contributed by atoms with Crippen LogP contribution < -0.4 is 0 Å². The van der Waals surface area contributed by atoms with Gasteiger partial charge in [-0.2, -0.15) is 0 Å². The number of rotatable bonds is 3. The van der Waals surface area contributed by atoms with Crippen LogP contribution in [0.25, 0.3) is 110 Å². The second kappa shape index (κ2) is 10.3. The monoisotopic (exact) mass is 664 g/mol. The van der Waals surface area contributed by atoms with Gasteiger partial charge in [0.2, 0.25) is 0 Å². The Bertz CT molecular complexity index is 3320. The van der Waals surface area contributed by atoms with Gasteiger partial charge in [0.1, 0.15) is 22.3 Å². The van der Waals surface area contributed by atoms with E-state index in [2.05, 4.69) is 173 Å². The number of aromatic nitrogens is 2. The molecule has 0 spiro atoms. The Hall–Kier alpha value is -7.04. The summed E-state index contributed by atoms with van der Waals surface area (Å²) in [6.07, 6.45) is 0. The van der Waals surface area contributed by atoms with E-state index in [0.717, 1.165) is 66.4 Å². The number of hydrogen-bond donors (Lipinski definition) is 0. The number of benzene rings is 8. The largest absolute Gasteiger partial charge is 0.456 e. The second-order valence-corrected chi connectivity index (χ2v) is 13.7. The van der Waals surface area contributed by atoms with E-state index in [1.54, 1.807) is 0 Å². The van der Waals surface area contributed by atoms with Gasteiger partial charge in [0.25, 0.3) is 0 Å². The van der Waals surface area contributed by atoms with Gasteiger partial charge in [-0.05, 0) is 83.9 Å². The first-order chi connectivity index (χ1) is 25.8. The molecule has 12 rings (SSSR count). The lowest BCUT2D eigenvalue weighted by Crippen LogP contribution is -1.94. The molecule has 12 aromatic rings. The maximum absolute atomic E-state index is 6.44. The normalized spacial score (nSPS) is 12.2. The van der Waals surface area contributed by atoms with E-state index in [0.29, 0.717) is 0 Å². The van der Waals surface area contributed by atoms with Crippen LogP contribution in [0.2, 0.25) is 0 Å². The lowest BCUT2D eigenvalue weighted by molar-refractivity contribution is 0.656. The molecule has 4 aromatic heterocycles. The molecule has 0 aliphatic heterocycles. The first-order valence-corrected chi connectivity index (χ1v) is 17.7. The van der Waals surface area contributed by atoms with Crippen molar-refractivity contribution in [2.24, 2.45) is 0 Å². The van der Waals surface area contributed by atoms with E-state index >= 15 is 0 Å². The van der Waals surface area contributed by atoms with Gasteiger partial charge in [0, 0.05) is 60.5 Å². The third-order valence-electron chi connectivity index (χ3n) is 10.9. The molecule has 0 aliphatic carbocycles. The van der Waals surface area contributed by atoms with Crippen molar-refractivity contribution in [2.45, 2.75) is 0 Å². The highest BCUT2D eigenvalue weighted by Gasteiger charge is 2.18. The fraction of sp³-hybridized carbons (Fsp3) is 0. The number of para-hydroxylation sites is 4. The molecule has 52 heavy (non-hydrogen) atoms. The molecule has 4 heteroatoms. The van der Waals surface area contributed by atoms with Crippen LogP contribution in [0.15, 0.2) is 179 Å². The molecule has 0 amide bonds. The summed E-state index contributed by atoms with van der Waals surface area (Å²) in [5.74, 6) is 0. The van der Waals surface area contributed by atoms with Crippen LogP contribution in [0, 0.1) is 0 Å². The van der Waals surface area contributed by atoms with Crippen molar-refractivity contribution >= 4 is 87.5 Å². The molecular weight excluding hydrogens is 637 g/mol. The molecule has 0 N–H and O–H groups in total. The summed E-state index contributed by atoms with van der Waals surface area (Å²) in [4.78, 5) is 0. The minimum absolute atomic E-state index is 0.819. The van der Waals surface area contributed by atoms with Crippen molar-refractivity contribution in [1.29, 1.82) is 0 Å². The fourth-order valence-corrected chi connectivity index (χ4v) is 8.58. The van der Waals surface area contributed by atoms with Crippen LogP contribution >= 0.6 is 0 Å². The van der Waals surface area contributed by atoms with Crippen molar-refractivity contribution in [3.05, 3.63) is 170 Å². The zero-order valence-corrected chi connectivity index (χ0v) is 27.9. The first-order valence-electron chi connectivity index (χ1n) is 17.7. The van der Waals surface area contributed by atoms with Gasteiger partial charge in [0.15, 0.2) is 0 Å². The zero-order valence-electron chi connectivity index (χ0n) is 27.9. The molecule has 0 bridgehead atoms. The van der Waals surface area contributed by atoms with Gasteiger partial charge in [-0.1, -0.05) is 91.0 Å². The van der Waals surface area contributed by atoms with Crippen molar-refractivity contribution in [3.63, 3.8) is 0 Å². The van der Waals surface area contributed by atoms with Crippen LogP contribution in [0.3, 0.4) is 0 Å². The molecule has 0 saturated carbocycles. The van der Waals surface area contributed by atoms with E-state index < -0.39 is 0 Å². The summed E-state index contributed by atoms with van der Waals surface area (Å²) in [5.41, 5.74) is 12.7. The van der Waals surface area contributed by atoms with Crippen LogP contribution in [0.1, 0.15) is 0 Å². The topological polar surface area (TPSA) is 36.1 Å². The van der Waals surface area contributed by atoms with Crippen LogP contribution in [0.4, 0.5) is 0 Å². The highest BCUT2D eigenvalue weighted by molar-refractivity contribution is 6.16. The minimum Gasteiger partial charge on any atom is -0.456 e. The number of fused-ring (bicyclic) bond motifs is 12. The molecular formula is C48H28N2O2. The quantitative estimate of drug-likeness (QED) is 0.188. The highest BCUT2D eigenvalue weighted by Crippen LogP contribution is 2.40. The Morgan fingerprint density at radius 1 is 0.269 bits per heavy atom. The summed E-state index contributed by atoms with van der Waals surface area (Å²) in [6.45, 7) is 0. The molecule has 8 aromatic carbocycles. The maximum Gasteiger partial charge on any atom is 0.139 e. The van der Waals surface area contributed by atoms with E-state index in [1.165, 1.54) is 43.6 Å². The third kappa shape index (κ3) is 3.81. The SMILES string of the molecule is c1cc(-c2ccc3oc4cc5oc6ccc(-n7c8ccccc8c8ccccc87)cc6c5cc4c3c2)cc(-n2c3ccccc3c3ccccc32)c1. The average molecular weight is 665 g/mol. The molecule has 0 saturated heterocycles. The van der Waals surface area contributed by atoms with E-state index in [4.69, 9.17) is 8.83 Å². The molecule has 0 aliphatic rings. The number of nitrogens with zero attached hydrogens (tertiary/aromatic N) is 2. The van der Waals surface area contributed by atoms with E-state index in [1.807, 2.05) is 6.07 Å². The third-order valence-corrected chi connectivity index (χ3v) is 10.9. The lowest BCUT2D eigenvalue weighted by atomic mass is 10.0. The number of hydrogen-bond acceptors (Lipinski definition) is 2. The molecule has 0 radical (unpaired) electrons. The zero-order chi connectivity index (χ0) is 33.9. The van der Waals surface area contributed by atoms with Crippen molar-refractivity contribution in [3.8, 4) is 22.5 Å². The van der Waals surface area contributed by atoms with Gasteiger partial charge >= 0.3 is 0 Å². The van der Waals surface area contributed by atoms with Crippen molar-refractivity contribution in [2.75, 3.05) is 0 Å². The average Bonchev–Trinajstić information content (AvgIpc) is 3.94. The van der Waals surface area contributed by atoms with Gasteiger partial charge < -0.3 is 18.0 Å². The molecule has 0 unspecified atom stereocenters. The Labute approximate surface area is 296 Å². The summed E-state index contributed by atoms with van der Waals surface area (Å²) in [6, 6.07) is 60.7. The Morgan fingerprint density at radius 3 is 1.27 bits per heavy atom. The molecule has 242 valence electrons. The van der Waals surface area contributed by atoms with Crippen LogP contribution in [-0.2, 0) is 0 Å². The van der Waals surface area contributed by atoms with Gasteiger partial charge in [0.05, 0.1) is 22.1 Å². The standard InChI is InChI=1S/C48H28N2O2/c1-5-16-41-33(12-1)34-13-2-6-17-42(34)49(41)31-11-9-10-29(24-31)30-20-22-45-37(25-30)39-27-40-38-26-32(21-23-46(38)52-48(40)28-47(39)51-45)50-43-18-7-3-14-35(43)36-15-4-8-19-44(36)50/h1-28H. The van der Waals surface area contributed by atoms with Crippen molar-refractivity contribution in [1.82, 2.24) is 9.13 Å². The van der Waals surface area contributed by atoms with Crippen molar-refractivity contribution < 1.29 is 8.83 Å². The van der Waals surface area contributed by atoms with Gasteiger partial charge in [-0.3, -0.25) is 0 Å². The Balaban J connectivity index is 1.02. The summed E-state index contributed by atoms with van der Waals surface area (Å²) in [7, 11) is 0. The van der Waals surface area contributed by atoms with Gasteiger partial charge in [-0.15, -0.1) is 0 Å². The Morgan fingerprint density at radius 2 is 0.712 bits per heavy atom. The lowest BCUT2D eigenvalue weighted by Gasteiger charge is -2.10. The maximum atomic E-state index is 6.44. The fourth-order valence-electron chi connectivity index (χ4n) is 8.58. The van der Waals surface area contributed by atoms with Gasteiger partial charge in [-0.25, -0.2) is 0 Å². The molecule has 4 heterocycles. The first kappa shape index (κ1) is 27.7. The molecule has 0 fully saturated rings. The second-order valence-electron chi connectivity index (χ2n) is 13.7. The predicted molar refractivity (Wildman–Crippen MR) is 215 cm³/mol. The molecule has 0 atom stereocenters. The summed E-state index contributed by atoms with van der Waals surface area (Å²) in [5, 5.41) is 9.34. The smallest absolute Gasteiger partial charge is 0.139 e. The summed E-state index contributed by atoms with van der Waals surface area (Å²) < 4.78 is 17.6. The summed E-state index contributed by atoms with van der Waals surface area (Å²) >= 11 is 0. The Kier molecular flexibility index (Phi) is 5.47. The van der Waals surface area contributed by atoms with Crippen LogP contribution in [-0.4, -0.2) is 9.13 Å².